The molecule has 2 heteroatoms. The summed E-state index contributed by atoms with van der Waals surface area (Å²) in [4.78, 5) is 4.38. The lowest BCUT2D eigenvalue weighted by Crippen LogP contribution is -2.29. The molecule has 0 radical (unpaired) electrons. The van der Waals surface area contributed by atoms with Crippen LogP contribution in [0.4, 0.5) is 0 Å². The zero-order valence-corrected chi connectivity index (χ0v) is 9.74. The summed E-state index contributed by atoms with van der Waals surface area (Å²) in [6.07, 6.45) is 8.19. The van der Waals surface area contributed by atoms with E-state index < -0.39 is 0 Å². The van der Waals surface area contributed by atoms with E-state index in [1.54, 1.807) is 0 Å². The number of fused-ring (bicyclic) bond motifs is 1. The number of aromatic nitrogens is 1. The van der Waals surface area contributed by atoms with Crippen molar-refractivity contribution in [2.45, 2.75) is 32.2 Å². The van der Waals surface area contributed by atoms with Crippen molar-refractivity contribution in [2.24, 2.45) is 5.92 Å². The molecule has 2 atom stereocenters. The summed E-state index contributed by atoms with van der Waals surface area (Å²) in [6, 6.07) is 5.01. The van der Waals surface area contributed by atoms with E-state index in [9.17, 15) is 0 Å². The Morgan fingerprint density at radius 3 is 3.12 bits per heavy atom. The van der Waals surface area contributed by atoms with Gasteiger partial charge in [0.1, 0.15) is 0 Å². The van der Waals surface area contributed by atoms with E-state index in [4.69, 9.17) is 0 Å². The van der Waals surface area contributed by atoms with Crippen LogP contribution in [0.3, 0.4) is 0 Å². The van der Waals surface area contributed by atoms with Crippen LogP contribution in [0.15, 0.2) is 24.4 Å². The Balaban J connectivity index is 1.83. The first-order chi connectivity index (χ1) is 7.83. The number of aryl methyl sites for hydroxylation is 1. The minimum Gasteiger partial charge on any atom is -0.313 e. The zero-order chi connectivity index (χ0) is 11.0. The number of hydrogen-bond donors (Lipinski definition) is 1. The lowest BCUT2D eigenvalue weighted by atomic mass is 9.84. The van der Waals surface area contributed by atoms with Crippen LogP contribution in [0.2, 0.25) is 0 Å². The van der Waals surface area contributed by atoms with Crippen LogP contribution in [0.5, 0.6) is 0 Å². The Morgan fingerprint density at radius 2 is 2.31 bits per heavy atom. The second-order valence-corrected chi connectivity index (χ2v) is 4.97. The van der Waals surface area contributed by atoms with Gasteiger partial charge >= 0.3 is 0 Å². The third kappa shape index (κ3) is 1.78. The normalized spacial score (nSPS) is 28.7. The molecule has 84 valence electrons. The van der Waals surface area contributed by atoms with Crippen LogP contribution < -0.4 is 5.32 Å². The second-order valence-electron chi connectivity index (χ2n) is 4.97. The predicted octanol–water partition coefficient (Wildman–Crippen LogP) is 2.55. The lowest BCUT2D eigenvalue weighted by Gasteiger charge is -2.25. The highest BCUT2D eigenvalue weighted by molar-refractivity contribution is 5.66. The molecule has 1 saturated heterocycles. The molecule has 1 aliphatic heterocycles. The lowest BCUT2D eigenvalue weighted by molar-refractivity contribution is 0.445. The largest absolute Gasteiger partial charge is 0.313 e. The summed E-state index contributed by atoms with van der Waals surface area (Å²) in [7, 11) is 0. The predicted molar refractivity (Wildman–Crippen MR) is 66.1 cm³/mol. The third-order valence-corrected chi connectivity index (χ3v) is 3.88. The van der Waals surface area contributed by atoms with Gasteiger partial charge < -0.3 is 5.32 Å². The highest BCUT2D eigenvalue weighted by Crippen LogP contribution is 2.34. The maximum absolute atomic E-state index is 4.38. The Kier molecular flexibility index (Phi) is 2.52. The number of rotatable bonds is 1. The zero-order valence-electron chi connectivity index (χ0n) is 9.74. The van der Waals surface area contributed by atoms with E-state index >= 15 is 0 Å². The van der Waals surface area contributed by atoms with Gasteiger partial charge in [-0.3, -0.25) is 4.98 Å². The molecule has 0 bridgehead atoms. The molecule has 1 aromatic heterocycles. The number of allylic oxidation sites excluding steroid dienone is 1. The summed E-state index contributed by atoms with van der Waals surface area (Å²) in [5.41, 5.74) is 3.87. The maximum atomic E-state index is 4.38. The Bertz CT molecular complexity index is 405. The van der Waals surface area contributed by atoms with Crippen molar-refractivity contribution in [1.29, 1.82) is 0 Å². The standard InChI is InChI=1S/C14H18N2/c1-10-2-3-13(9-16-10)12-5-4-11-6-7-15-14(11)8-12/h2-3,5,9,11,14-15H,4,6-8H2,1H3/t11-,14-/m0/s1. The number of nitrogens with zero attached hydrogens (tertiary/aromatic N) is 1. The Labute approximate surface area is 96.8 Å². The summed E-state index contributed by atoms with van der Waals surface area (Å²) < 4.78 is 0. The molecule has 2 heterocycles. The average Bonchev–Trinajstić information content (AvgIpc) is 2.77. The van der Waals surface area contributed by atoms with Crippen LogP contribution >= 0.6 is 0 Å². The van der Waals surface area contributed by atoms with E-state index in [2.05, 4.69) is 28.5 Å². The van der Waals surface area contributed by atoms with E-state index in [0.717, 1.165) is 11.6 Å². The van der Waals surface area contributed by atoms with Gasteiger partial charge in [0.25, 0.3) is 0 Å². The molecule has 1 aromatic rings. The van der Waals surface area contributed by atoms with Crippen LogP contribution in [-0.4, -0.2) is 17.6 Å². The van der Waals surface area contributed by atoms with Crippen molar-refractivity contribution in [2.75, 3.05) is 6.54 Å². The molecule has 0 unspecified atom stereocenters. The van der Waals surface area contributed by atoms with Gasteiger partial charge in [-0.2, -0.15) is 0 Å². The number of nitrogens with one attached hydrogen (secondary N) is 1. The van der Waals surface area contributed by atoms with Gasteiger partial charge in [-0.25, -0.2) is 0 Å². The second kappa shape index (κ2) is 4.02. The smallest absolute Gasteiger partial charge is 0.0373 e. The summed E-state index contributed by atoms with van der Waals surface area (Å²) >= 11 is 0. The van der Waals surface area contributed by atoms with E-state index in [-0.39, 0.29) is 0 Å². The summed E-state index contributed by atoms with van der Waals surface area (Å²) in [5, 5.41) is 3.61. The maximum Gasteiger partial charge on any atom is 0.0373 e. The van der Waals surface area contributed by atoms with E-state index in [0.29, 0.717) is 6.04 Å². The van der Waals surface area contributed by atoms with Gasteiger partial charge in [0.2, 0.25) is 0 Å². The molecule has 0 spiro atoms. The van der Waals surface area contributed by atoms with Crippen LogP contribution in [-0.2, 0) is 0 Å². The van der Waals surface area contributed by atoms with Crippen LogP contribution in [0.25, 0.3) is 5.57 Å². The molecule has 16 heavy (non-hydrogen) atoms. The molecule has 2 aliphatic rings. The van der Waals surface area contributed by atoms with Gasteiger partial charge in [0.05, 0.1) is 0 Å². The van der Waals surface area contributed by atoms with Crippen molar-refractivity contribution in [3.63, 3.8) is 0 Å². The number of hydrogen-bond acceptors (Lipinski definition) is 2. The average molecular weight is 214 g/mol. The molecule has 2 nitrogen and oxygen atoms in total. The Hall–Kier alpha value is -1.15. The third-order valence-electron chi connectivity index (χ3n) is 3.88. The summed E-state index contributed by atoms with van der Waals surface area (Å²) in [5.74, 6) is 0.877. The molecule has 1 fully saturated rings. The van der Waals surface area contributed by atoms with Crippen molar-refractivity contribution in [3.8, 4) is 0 Å². The molecular weight excluding hydrogens is 196 g/mol. The van der Waals surface area contributed by atoms with Gasteiger partial charge in [0, 0.05) is 17.9 Å². The van der Waals surface area contributed by atoms with Crippen molar-refractivity contribution in [1.82, 2.24) is 10.3 Å². The molecule has 1 aliphatic carbocycles. The van der Waals surface area contributed by atoms with Gasteiger partial charge in [-0.1, -0.05) is 12.1 Å². The van der Waals surface area contributed by atoms with Crippen molar-refractivity contribution < 1.29 is 0 Å². The van der Waals surface area contributed by atoms with Crippen LogP contribution in [0, 0.1) is 12.8 Å². The minimum atomic E-state index is 0.710. The highest BCUT2D eigenvalue weighted by atomic mass is 15.0. The molecule has 1 N–H and O–H groups in total. The molecular formula is C14H18N2. The first kappa shape index (κ1) is 10.0. The summed E-state index contributed by atoms with van der Waals surface area (Å²) in [6.45, 7) is 3.23. The number of pyridine rings is 1. The van der Waals surface area contributed by atoms with Crippen molar-refractivity contribution >= 4 is 5.57 Å². The molecule has 0 aromatic carbocycles. The first-order valence-electron chi connectivity index (χ1n) is 6.18. The van der Waals surface area contributed by atoms with Gasteiger partial charge in [-0.05, 0) is 55.9 Å². The van der Waals surface area contributed by atoms with E-state index in [1.807, 2.05) is 13.1 Å². The SMILES string of the molecule is Cc1ccc(C2=CC[C@H]3CCN[C@H]3C2)cn1. The van der Waals surface area contributed by atoms with Crippen LogP contribution in [0.1, 0.15) is 30.5 Å². The monoisotopic (exact) mass is 214 g/mol. The van der Waals surface area contributed by atoms with Gasteiger partial charge in [0.15, 0.2) is 0 Å². The Morgan fingerprint density at radius 1 is 1.38 bits per heavy atom. The molecule has 0 amide bonds. The molecule has 3 rings (SSSR count). The topological polar surface area (TPSA) is 24.9 Å². The molecule has 0 saturated carbocycles. The quantitative estimate of drug-likeness (QED) is 0.777. The van der Waals surface area contributed by atoms with Gasteiger partial charge in [-0.15, -0.1) is 0 Å². The fourth-order valence-electron chi connectivity index (χ4n) is 2.85. The van der Waals surface area contributed by atoms with E-state index in [1.165, 1.54) is 36.9 Å². The minimum absolute atomic E-state index is 0.710. The fourth-order valence-corrected chi connectivity index (χ4v) is 2.85. The first-order valence-corrected chi connectivity index (χ1v) is 6.18. The highest BCUT2D eigenvalue weighted by Gasteiger charge is 2.29. The fraction of sp³-hybridized carbons (Fsp3) is 0.500. The van der Waals surface area contributed by atoms with Crippen molar-refractivity contribution in [3.05, 3.63) is 35.7 Å².